The molecule has 178 valence electrons. The Hall–Kier alpha value is -2.55. The van der Waals surface area contributed by atoms with Gasteiger partial charge in [-0.15, -0.1) is 0 Å². The third-order valence-corrected chi connectivity index (χ3v) is 8.05. The van der Waals surface area contributed by atoms with Crippen LogP contribution in [-0.4, -0.2) is 67.4 Å². The van der Waals surface area contributed by atoms with E-state index in [2.05, 4.69) is 14.9 Å². The number of aryl methyl sites for hydroxylation is 1. The summed E-state index contributed by atoms with van der Waals surface area (Å²) in [4.78, 5) is 38.7. The topological polar surface area (TPSA) is 101 Å². The molecule has 2 saturated heterocycles. The number of Topliss-reactive ketones (excluding diaryl/α,β-unsaturated/α-hetero) is 1. The van der Waals surface area contributed by atoms with E-state index in [-0.39, 0.29) is 28.4 Å². The lowest BCUT2D eigenvalue weighted by Crippen LogP contribution is -2.47. The number of likely N-dealkylation sites (tertiary alicyclic amines) is 1. The van der Waals surface area contributed by atoms with Gasteiger partial charge in [-0.25, -0.2) is 18.4 Å². The zero-order valence-electron chi connectivity index (χ0n) is 19.6. The molecule has 2 aliphatic rings. The number of carbonyl (C=O) groups excluding carboxylic acids is 2. The van der Waals surface area contributed by atoms with Crippen LogP contribution >= 0.6 is 0 Å². The van der Waals surface area contributed by atoms with Crippen molar-refractivity contribution in [2.24, 2.45) is 11.8 Å². The Morgan fingerprint density at radius 1 is 1.06 bits per heavy atom. The number of benzene rings is 1. The Morgan fingerprint density at radius 2 is 1.79 bits per heavy atom. The Morgan fingerprint density at radius 3 is 2.45 bits per heavy atom. The van der Waals surface area contributed by atoms with Crippen LogP contribution in [0.25, 0.3) is 10.9 Å². The van der Waals surface area contributed by atoms with Crippen molar-refractivity contribution in [3.63, 3.8) is 0 Å². The molecule has 1 aromatic heterocycles. The number of piperidine rings is 2. The van der Waals surface area contributed by atoms with Crippen molar-refractivity contribution in [2.45, 2.75) is 50.8 Å². The first-order chi connectivity index (χ1) is 15.7. The van der Waals surface area contributed by atoms with Crippen LogP contribution in [0.1, 0.15) is 44.7 Å². The molecule has 3 heterocycles. The van der Waals surface area contributed by atoms with E-state index in [1.807, 2.05) is 18.7 Å². The molecule has 0 saturated carbocycles. The van der Waals surface area contributed by atoms with Crippen LogP contribution in [-0.2, 0) is 19.4 Å². The minimum atomic E-state index is -3.32. The number of fused-ring (bicyclic) bond motifs is 1. The number of hydrogen-bond acceptors (Lipinski definition) is 7. The first kappa shape index (κ1) is 23.6. The highest BCUT2D eigenvalue weighted by atomic mass is 32.2. The summed E-state index contributed by atoms with van der Waals surface area (Å²) in [6.45, 7) is 6.41. The summed E-state index contributed by atoms with van der Waals surface area (Å²) >= 11 is 0. The zero-order chi connectivity index (χ0) is 23.8. The summed E-state index contributed by atoms with van der Waals surface area (Å²) in [6, 6.07) is 4.94. The van der Waals surface area contributed by atoms with E-state index in [0.29, 0.717) is 50.4 Å². The maximum absolute atomic E-state index is 13.1. The molecule has 1 aromatic carbocycles. The molecule has 1 unspecified atom stereocenters. The van der Waals surface area contributed by atoms with Crippen molar-refractivity contribution in [1.29, 1.82) is 0 Å². The highest BCUT2D eigenvalue weighted by Gasteiger charge is 2.33. The summed E-state index contributed by atoms with van der Waals surface area (Å²) in [6.07, 6.45) is 4.92. The SMILES string of the molecule is CCC(=O)C1CCCN(C(=O)C2CCN(c3nc(C)c4ccc(S(C)(=O)=O)cc4n3)CC2)C1. The number of anilines is 1. The van der Waals surface area contributed by atoms with Gasteiger partial charge in [0.15, 0.2) is 9.84 Å². The number of hydrogen-bond donors (Lipinski definition) is 0. The molecule has 2 aromatic rings. The van der Waals surface area contributed by atoms with E-state index in [4.69, 9.17) is 0 Å². The highest BCUT2D eigenvalue weighted by molar-refractivity contribution is 7.90. The summed E-state index contributed by atoms with van der Waals surface area (Å²) in [5.41, 5.74) is 1.41. The maximum Gasteiger partial charge on any atom is 0.226 e. The Labute approximate surface area is 195 Å². The van der Waals surface area contributed by atoms with Crippen LogP contribution in [0, 0.1) is 18.8 Å². The molecule has 0 radical (unpaired) electrons. The van der Waals surface area contributed by atoms with Crippen LogP contribution in [0.4, 0.5) is 5.95 Å². The average molecular weight is 473 g/mol. The second-order valence-corrected chi connectivity index (χ2v) is 11.3. The van der Waals surface area contributed by atoms with Gasteiger partial charge in [0.1, 0.15) is 5.78 Å². The number of aromatic nitrogens is 2. The molecule has 1 atom stereocenters. The third kappa shape index (κ3) is 5.03. The molecule has 0 N–H and O–H groups in total. The van der Waals surface area contributed by atoms with E-state index in [9.17, 15) is 18.0 Å². The molecule has 0 aliphatic carbocycles. The summed E-state index contributed by atoms with van der Waals surface area (Å²) in [7, 11) is -3.32. The van der Waals surface area contributed by atoms with Crippen molar-refractivity contribution in [3.05, 3.63) is 23.9 Å². The molecule has 9 heteroatoms. The molecule has 0 spiro atoms. The van der Waals surface area contributed by atoms with Gasteiger partial charge in [-0.3, -0.25) is 9.59 Å². The summed E-state index contributed by atoms with van der Waals surface area (Å²) in [5, 5.41) is 0.831. The predicted molar refractivity (Wildman–Crippen MR) is 127 cm³/mol. The van der Waals surface area contributed by atoms with Gasteiger partial charge in [-0.2, -0.15) is 0 Å². The van der Waals surface area contributed by atoms with Gasteiger partial charge in [0.2, 0.25) is 11.9 Å². The molecule has 0 bridgehead atoms. The molecular formula is C24H32N4O4S. The van der Waals surface area contributed by atoms with Crippen LogP contribution < -0.4 is 4.90 Å². The fourth-order valence-corrected chi connectivity index (χ4v) is 5.58. The molecule has 2 aliphatic heterocycles. The Balaban J connectivity index is 1.45. The van der Waals surface area contributed by atoms with Gasteiger partial charge in [0.25, 0.3) is 0 Å². The van der Waals surface area contributed by atoms with Crippen molar-refractivity contribution in [1.82, 2.24) is 14.9 Å². The minimum Gasteiger partial charge on any atom is -0.342 e. The average Bonchev–Trinajstić information content (AvgIpc) is 2.82. The van der Waals surface area contributed by atoms with E-state index >= 15 is 0 Å². The lowest BCUT2D eigenvalue weighted by atomic mass is 9.90. The first-order valence-electron chi connectivity index (χ1n) is 11.7. The summed E-state index contributed by atoms with van der Waals surface area (Å²) in [5.74, 6) is 0.929. The van der Waals surface area contributed by atoms with E-state index in [1.54, 1.807) is 18.2 Å². The fraction of sp³-hybridized carbons (Fsp3) is 0.583. The molecule has 4 rings (SSSR count). The Kier molecular flexibility index (Phi) is 6.70. The van der Waals surface area contributed by atoms with Crippen LogP contribution in [0.15, 0.2) is 23.1 Å². The predicted octanol–water partition coefficient (Wildman–Crippen LogP) is 2.78. The number of rotatable bonds is 5. The number of amides is 1. The number of ketones is 1. The van der Waals surface area contributed by atoms with Crippen molar-refractivity contribution >= 4 is 38.4 Å². The second kappa shape index (κ2) is 9.37. The van der Waals surface area contributed by atoms with Gasteiger partial charge in [0, 0.05) is 56.1 Å². The number of nitrogens with zero attached hydrogens (tertiary/aromatic N) is 4. The van der Waals surface area contributed by atoms with Gasteiger partial charge in [-0.05, 0) is 50.8 Å². The number of carbonyl (C=O) groups is 2. The zero-order valence-corrected chi connectivity index (χ0v) is 20.4. The highest BCUT2D eigenvalue weighted by Crippen LogP contribution is 2.28. The lowest BCUT2D eigenvalue weighted by Gasteiger charge is -2.37. The monoisotopic (exact) mass is 472 g/mol. The molecule has 2 fully saturated rings. The maximum atomic E-state index is 13.1. The quantitative estimate of drug-likeness (QED) is 0.659. The van der Waals surface area contributed by atoms with E-state index in [1.165, 1.54) is 6.26 Å². The van der Waals surface area contributed by atoms with Crippen molar-refractivity contribution in [3.8, 4) is 0 Å². The smallest absolute Gasteiger partial charge is 0.226 e. The molecule has 1 amide bonds. The van der Waals surface area contributed by atoms with Gasteiger partial charge >= 0.3 is 0 Å². The van der Waals surface area contributed by atoms with Crippen LogP contribution in [0.5, 0.6) is 0 Å². The standard InChI is InChI=1S/C24H32N4O4S/c1-4-22(29)18-6-5-11-28(15-18)23(30)17-9-12-27(13-10-17)24-25-16(2)20-8-7-19(33(3,31)32)14-21(20)26-24/h7-8,14,17-18H,4-6,9-13,15H2,1-3H3. The van der Waals surface area contributed by atoms with Gasteiger partial charge < -0.3 is 9.80 Å². The van der Waals surface area contributed by atoms with Crippen LogP contribution in [0.2, 0.25) is 0 Å². The van der Waals surface area contributed by atoms with Crippen LogP contribution in [0.3, 0.4) is 0 Å². The molecule has 8 nitrogen and oxygen atoms in total. The lowest BCUT2D eigenvalue weighted by molar-refractivity contribution is -0.139. The largest absolute Gasteiger partial charge is 0.342 e. The Bertz CT molecular complexity index is 1170. The molecular weight excluding hydrogens is 440 g/mol. The second-order valence-electron chi connectivity index (χ2n) is 9.26. The fourth-order valence-electron chi connectivity index (χ4n) is 4.94. The van der Waals surface area contributed by atoms with Gasteiger partial charge in [0.05, 0.1) is 16.1 Å². The molecule has 33 heavy (non-hydrogen) atoms. The van der Waals surface area contributed by atoms with E-state index in [0.717, 1.165) is 30.5 Å². The minimum absolute atomic E-state index is 0.0152. The number of sulfone groups is 1. The summed E-state index contributed by atoms with van der Waals surface area (Å²) < 4.78 is 23.9. The normalized spacial score (nSPS) is 20.3. The third-order valence-electron chi connectivity index (χ3n) is 6.94. The van der Waals surface area contributed by atoms with Crippen molar-refractivity contribution < 1.29 is 18.0 Å². The van der Waals surface area contributed by atoms with Gasteiger partial charge in [-0.1, -0.05) is 6.92 Å². The van der Waals surface area contributed by atoms with Crippen molar-refractivity contribution in [2.75, 3.05) is 37.3 Å². The first-order valence-corrected chi connectivity index (χ1v) is 13.6. The van der Waals surface area contributed by atoms with E-state index < -0.39 is 9.84 Å².